The van der Waals surface area contributed by atoms with Crippen molar-refractivity contribution in [3.05, 3.63) is 87.7 Å². The van der Waals surface area contributed by atoms with Crippen molar-refractivity contribution in [1.82, 2.24) is 9.97 Å². The van der Waals surface area contributed by atoms with Gasteiger partial charge in [0.05, 0.1) is 21.2 Å². The molecule has 1 atom stereocenters. The maximum atomic E-state index is 12.9. The highest BCUT2D eigenvalue weighted by Crippen LogP contribution is 2.30. The Morgan fingerprint density at radius 3 is 2.59 bits per heavy atom. The number of hydrogen-bond acceptors (Lipinski definition) is 7. The second-order valence-corrected chi connectivity index (χ2v) is 9.34. The van der Waals surface area contributed by atoms with Gasteiger partial charge in [0, 0.05) is 18.9 Å². The van der Waals surface area contributed by atoms with Gasteiger partial charge < -0.3 is 15.8 Å². The van der Waals surface area contributed by atoms with Gasteiger partial charge >= 0.3 is 5.97 Å². The number of halogens is 1. The molecular weight excluding hydrogens is 472 g/mol. The van der Waals surface area contributed by atoms with Gasteiger partial charge in [-0.05, 0) is 36.6 Å². The van der Waals surface area contributed by atoms with Crippen molar-refractivity contribution in [2.45, 2.75) is 26.4 Å². The Balaban J connectivity index is 1.40. The van der Waals surface area contributed by atoms with Gasteiger partial charge in [-0.15, -0.1) is 0 Å². The maximum Gasteiger partial charge on any atom is 0.338 e. The van der Waals surface area contributed by atoms with E-state index in [1.807, 2.05) is 50.2 Å². The SMILES string of the molecule is Cc1ccc(C(=O)OCc2ccc(C(CN)C(=O)Nc3nc4c(Cl)cncc4s3)cc2)c(C)c1. The fourth-order valence-electron chi connectivity index (χ4n) is 3.58. The Kier molecular flexibility index (Phi) is 7.21. The van der Waals surface area contributed by atoms with E-state index in [2.05, 4.69) is 15.3 Å². The number of hydrogen-bond donors (Lipinski definition) is 2. The van der Waals surface area contributed by atoms with Crippen LogP contribution in [0.4, 0.5) is 5.13 Å². The van der Waals surface area contributed by atoms with Crippen LogP contribution < -0.4 is 11.1 Å². The van der Waals surface area contributed by atoms with E-state index in [0.717, 1.165) is 27.0 Å². The van der Waals surface area contributed by atoms with Crippen molar-refractivity contribution >= 4 is 50.2 Å². The Hall–Kier alpha value is -3.33. The molecule has 3 N–H and O–H groups in total. The predicted molar refractivity (Wildman–Crippen MR) is 134 cm³/mol. The lowest BCUT2D eigenvalue weighted by Crippen LogP contribution is -2.27. The average molecular weight is 495 g/mol. The van der Waals surface area contributed by atoms with Crippen LogP contribution in [-0.4, -0.2) is 28.4 Å². The number of aryl methyl sites for hydroxylation is 2. The van der Waals surface area contributed by atoms with Crippen molar-refractivity contribution in [1.29, 1.82) is 0 Å². The molecule has 0 aliphatic rings. The largest absolute Gasteiger partial charge is 0.457 e. The quantitative estimate of drug-likeness (QED) is 0.350. The van der Waals surface area contributed by atoms with Crippen molar-refractivity contribution in [2.75, 3.05) is 11.9 Å². The molecule has 2 aromatic heterocycles. The lowest BCUT2D eigenvalue weighted by atomic mass is 9.97. The Bertz CT molecular complexity index is 1350. The number of anilines is 1. The van der Waals surface area contributed by atoms with Gasteiger partial charge in [-0.1, -0.05) is 64.9 Å². The summed E-state index contributed by atoms with van der Waals surface area (Å²) in [7, 11) is 0. The first-order valence-corrected chi connectivity index (χ1v) is 11.8. The minimum absolute atomic E-state index is 0.125. The molecule has 7 nitrogen and oxygen atoms in total. The van der Waals surface area contributed by atoms with Crippen molar-refractivity contribution in [3.8, 4) is 0 Å². The summed E-state index contributed by atoms with van der Waals surface area (Å²) < 4.78 is 6.24. The number of nitrogens with one attached hydrogen (secondary N) is 1. The van der Waals surface area contributed by atoms with Gasteiger partial charge in [0.1, 0.15) is 12.1 Å². The van der Waals surface area contributed by atoms with E-state index in [0.29, 0.717) is 21.2 Å². The molecule has 0 fully saturated rings. The number of pyridine rings is 1. The van der Waals surface area contributed by atoms with Crippen LogP contribution in [0.15, 0.2) is 54.9 Å². The molecule has 0 radical (unpaired) electrons. The van der Waals surface area contributed by atoms with Gasteiger partial charge in [0.15, 0.2) is 5.13 Å². The number of carbonyl (C=O) groups is 2. The molecule has 0 spiro atoms. The molecule has 9 heteroatoms. The third kappa shape index (κ3) is 5.25. The van der Waals surface area contributed by atoms with E-state index < -0.39 is 5.92 Å². The molecule has 2 heterocycles. The molecule has 0 saturated carbocycles. The molecule has 174 valence electrons. The number of ether oxygens (including phenoxy) is 1. The lowest BCUT2D eigenvalue weighted by Gasteiger charge is -2.15. The number of rotatable bonds is 7. The summed E-state index contributed by atoms with van der Waals surface area (Å²) in [5.74, 6) is -1.20. The Morgan fingerprint density at radius 2 is 1.91 bits per heavy atom. The van der Waals surface area contributed by atoms with Crippen LogP contribution in [-0.2, 0) is 16.1 Å². The number of fused-ring (bicyclic) bond motifs is 1. The maximum absolute atomic E-state index is 12.9. The summed E-state index contributed by atoms with van der Waals surface area (Å²) in [5.41, 5.74) is 10.6. The number of esters is 1. The molecule has 0 aliphatic heterocycles. The van der Waals surface area contributed by atoms with E-state index in [1.165, 1.54) is 17.5 Å². The van der Waals surface area contributed by atoms with Gasteiger partial charge in [0.2, 0.25) is 5.91 Å². The van der Waals surface area contributed by atoms with Crippen LogP contribution in [0.5, 0.6) is 0 Å². The standard InChI is InChI=1S/C25H23ClN4O3S/c1-14-3-8-18(15(2)9-14)24(32)33-13-16-4-6-17(7-5-16)19(10-27)23(31)30-25-29-22-20(26)11-28-12-21(22)34-25/h3-9,11-12,19H,10,13,27H2,1-2H3,(H,29,30,31). The van der Waals surface area contributed by atoms with Gasteiger partial charge in [-0.2, -0.15) is 0 Å². The average Bonchev–Trinajstić information content (AvgIpc) is 3.22. The summed E-state index contributed by atoms with van der Waals surface area (Å²) in [5, 5.41) is 3.69. The van der Waals surface area contributed by atoms with Gasteiger partial charge in [-0.25, -0.2) is 9.78 Å². The monoisotopic (exact) mass is 494 g/mol. The fourth-order valence-corrected chi connectivity index (χ4v) is 4.70. The topological polar surface area (TPSA) is 107 Å². The molecule has 34 heavy (non-hydrogen) atoms. The van der Waals surface area contributed by atoms with E-state index in [-0.39, 0.29) is 25.0 Å². The minimum atomic E-state index is -0.563. The highest BCUT2D eigenvalue weighted by Gasteiger charge is 2.21. The molecule has 1 amide bonds. The van der Waals surface area contributed by atoms with Crippen LogP contribution in [0.3, 0.4) is 0 Å². The summed E-state index contributed by atoms with van der Waals surface area (Å²) in [6.07, 6.45) is 3.17. The number of carbonyl (C=O) groups excluding carboxylic acids is 2. The Labute approximate surface area is 205 Å². The number of thiazole rings is 1. The zero-order valence-corrected chi connectivity index (χ0v) is 20.2. The second-order valence-electron chi connectivity index (χ2n) is 7.90. The van der Waals surface area contributed by atoms with Gasteiger partial charge in [-0.3, -0.25) is 9.78 Å². The molecule has 4 rings (SSSR count). The molecule has 4 aromatic rings. The highest BCUT2D eigenvalue weighted by atomic mass is 35.5. The van der Waals surface area contributed by atoms with Gasteiger partial charge in [0.25, 0.3) is 0 Å². The first-order valence-electron chi connectivity index (χ1n) is 10.6. The minimum Gasteiger partial charge on any atom is -0.457 e. The van der Waals surface area contributed by atoms with Crippen LogP contribution in [0.1, 0.15) is 38.5 Å². The van der Waals surface area contributed by atoms with E-state index >= 15 is 0 Å². The number of nitrogens with zero attached hydrogens (tertiary/aromatic N) is 2. The molecule has 2 aromatic carbocycles. The molecule has 1 unspecified atom stereocenters. The zero-order valence-electron chi connectivity index (χ0n) is 18.7. The number of nitrogens with two attached hydrogens (primary N) is 1. The van der Waals surface area contributed by atoms with Crippen LogP contribution in [0.25, 0.3) is 10.2 Å². The molecular formula is C25H23ClN4O3S. The summed E-state index contributed by atoms with van der Waals surface area (Å²) >= 11 is 7.41. The second kappa shape index (κ2) is 10.3. The van der Waals surface area contributed by atoms with Crippen molar-refractivity contribution in [2.24, 2.45) is 5.73 Å². The van der Waals surface area contributed by atoms with Crippen molar-refractivity contribution in [3.63, 3.8) is 0 Å². The first kappa shape index (κ1) is 23.8. The smallest absolute Gasteiger partial charge is 0.338 e. The zero-order chi connectivity index (χ0) is 24.2. The lowest BCUT2D eigenvalue weighted by molar-refractivity contribution is -0.117. The number of amides is 1. The van der Waals surface area contributed by atoms with Crippen molar-refractivity contribution < 1.29 is 14.3 Å². The molecule has 0 bridgehead atoms. The van der Waals surface area contributed by atoms with Crippen LogP contribution in [0.2, 0.25) is 5.02 Å². The van der Waals surface area contributed by atoms with E-state index in [4.69, 9.17) is 22.1 Å². The highest BCUT2D eigenvalue weighted by molar-refractivity contribution is 7.22. The first-order chi connectivity index (χ1) is 16.4. The number of aromatic nitrogens is 2. The Morgan fingerprint density at radius 1 is 1.15 bits per heavy atom. The summed E-state index contributed by atoms with van der Waals surface area (Å²) in [4.78, 5) is 33.7. The normalized spacial score (nSPS) is 11.9. The number of benzene rings is 2. The summed E-state index contributed by atoms with van der Waals surface area (Å²) in [6.45, 7) is 4.12. The third-order valence-electron chi connectivity index (χ3n) is 5.40. The molecule has 0 aliphatic carbocycles. The van der Waals surface area contributed by atoms with Crippen LogP contribution >= 0.6 is 22.9 Å². The summed E-state index contributed by atoms with van der Waals surface area (Å²) in [6, 6.07) is 12.9. The third-order valence-corrected chi connectivity index (χ3v) is 6.58. The van der Waals surface area contributed by atoms with Crippen LogP contribution in [0, 0.1) is 13.8 Å². The van der Waals surface area contributed by atoms with E-state index in [9.17, 15) is 9.59 Å². The predicted octanol–water partition coefficient (Wildman–Crippen LogP) is 5.00. The molecule has 0 saturated heterocycles. The van der Waals surface area contributed by atoms with E-state index in [1.54, 1.807) is 12.3 Å². The fraction of sp³-hybridized carbons (Fsp3) is 0.200.